The average Bonchev–Trinajstić information content (AvgIpc) is 2.38. The van der Waals surface area contributed by atoms with Gasteiger partial charge in [-0.3, -0.25) is 4.72 Å². The van der Waals surface area contributed by atoms with Crippen molar-refractivity contribution in [1.82, 2.24) is 4.98 Å². The molecular formula is C12H9Cl3N2O2S. The van der Waals surface area contributed by atoms with Crippen LogP contribution in [0.1, 0.15) is 5.56 Å². The van der Waals surface area contributed by atoms with E-state index >= 15 is 0 Å². The Morgan fingerprint density at radius 1 is 1.10 bits per heavy atom. The quantitative estimate of drug-likeness (QED) is 0.903. The maximum atomic E-state index is 12.3. The summed E-state index contributed by atoms with van der Waals surface area (Å²) < 4.78 is 26.8. The number of nitrogens with zero attached hydrogens (tertiary/aromatic N) is 1. The number of nitrogens with one attached hydrogen (secondary N) is 1. The predicted octanol–water partition coefficient (Wildman–Crippen LogP) is 4.15. The van der Waals surface area contributed by atoms with Crippen molar-refractivity contribution in [2.45, 2.75) is 11.8 Å². The number of benzene rings is 1. The van der Waals surface area contributed by atoms with Crippen LogP contribution in [-0.2, 0) is 10.0 Å². The van der Waals surface area contributed by atoms with Crippen molar-refractivity contribution in [3.05, 3.63) is 51.1 Å². The van der Waals surface area contributed by atoms with Gasteiger partial charge in [-0.05, 0) is 36.8 Å². The summed E-state index contributed by atoms with van der Waals surface area (Å²) in [5, 5.41) is 0.894. The van der Waals surface area contributed by atoms with Crippen molar-refractivity contribution in [2.75, 3.05) is 4.72 Å². The maximum absolute atomic E-state index is 12.3. The zero-order valence-corrected chi connectivity index (χ0v) is 13.3. The lowest BCUT2D eigenvalue weighted by atomic mass is 10.2. The van der Waals surface area contributed by atoms with Gasteiger partial charge in [0.2, 0.25) is 0 Å². The second kappa shape index (κ2) is 5.77. The Morgan fingerprint density at radius 2 is 1.80 bits per heavy atom. The van der Waals surface area contributed by atoms with Crippen LogP contribution in [0.25, 0.3) is 0 Å². The van der Waals surface area contributed by atoms with Crippen LogP contribution in [0.3, 0.4) is 0 Å². The number of hydrogen-bond donors (Lipinski definition) is 1. The van der Waals surface area contributed by atoms with E-state index in [0.29, 0.717) is 15.6 Å². The molecule has 0 atom stereocenters. The normalized spacial score (nSPS) is 11.4. The Balaban J connectivity index is 2.41. The Labute approximate surface area is 131 Å². The summed E-state index contributed by atoms with van der Waals surface area (Å²) in [6.07, 6.45) is 1.34. The number of halogens is 3. The van der Waals surface area contributed by atoms with Gasteiger partial charge in [-0.15, -0.1) is 0 Å². The zero-order chi connectivity index (χ0) is 14.9. The van der Waals surface area contributed by atoms with Crippen molar-refractivity contribution in [2.24, 2.45) is 0 Å². The van der Waals surface area contributed by atoms with E-state index in [-0.39, 0.29) is 15.7 Å². The summed E-state index contributed by atoms with van der Waals surface area (Å²) in [6.45, 7) is 1.64. The fourth-order valence-electron chi connectivity index (χ4n) is 1.47. The maximum Gasteiger partial charge on any atom is 0.264 e. The lowest BCUT2D eigenvalue weighted by Gasteiger charge is -2.11. The van der Waals surface area contributed by atoms with E-state index < -0.39 is 10.0 Å². The molecule has 20 heavy (non-hydrogen) atoms. The lowest BCUT2D eigenvalue weighted by molar-refractivity contribution is 0.601. The van der Waals surface area contributed by atoms with Gasteiger partial charge in [0.1, 0.15) is 10.7 Å². The van der Waals surface area contributed by atoms with Crippen LogP contribution < -0.4 is 4.72 Å². The molecule has 1 aromatic carbocycles. The van der Waals surface area contributed by atoms with E-state index in [4.69, 9.17) is 34.8 Å². The monoisotopic (exact) mass is 350 g/mol. The third kappa shape index (κ3) is 3.17. The summed E-state index contributed by atoms with van der Waals surface area (Å²) in [4.78, 5) is 3.81. The van der Waals surface area contributed by atoms with Crippen LogP contribution in [0.5, 0.6) is 0 Å². The summed E-state index contributed by atoms with van der Waals surface area (Å²) in [6, 6.07) is 5.81. The highest BCUT2D eigenvalue weighted by molar-refractivity contribution is 7.92. The van der Waals surface area contributed by atoms with Crippen molar-refractivity contribution in [1.29, 1.82) is 0 Å². The molecule has 0 bridgehead atoms. The van der Waals surface area contributed by atoms with E-state index in [0.717, 1.165) is 0 Å². The smallest absolute Gasteiger partial charge is 0.263 e. The molecule has 1 N–H and O–H groups in total. The molecule has 0 fully saturated rings. The molecule has 0 unspecified atom stereocenters. The van der Waals surface area contributed by atoms with Crippen molar-refractivity contribution < 1.29 is 8.42 Å². The lowest BCUT2D eigenvalue weighted by Crippen LogP contribution is -2.14. The van der Waals surface area contributed by atoms with E-state index in [1.807, 2.05) is 0 Å². The summed E-state index contributed by atoms with van der Waals surface area (Å²) in [5.41, 5.74) is 0.500. The largest absolute Gasteiger partial charge is 0.264 e. The number of sulfonamides is 1. The first kappa shape index (κ1) is 15.4. The first-order chi connectivity index (χ1) is 9.31. The number of pyridine rings is 1. The van der Waals surface area contributed by atoms with Crippen molar-refractivity contribution in [3.8, 4) is 0 Å². The summed E-state index contributed by atoms with van der Waals surface area (Å²) in [5.74, 6) is 0.151. The molecule has 1 aromatic heterocycles. The van der Waals surface area contributed by atoms with E-state index in [2.05, 4.69) is 9.71 Å². The molecule has 106 valence electrons. The first-order valence-corrected chi connectivity index (χ1v) is 8.02. The standard InChI is InChI=1S/C12H9Cl3N2O2S/c1-7-9(14)3-4-10(12(7)15)20(18,19)17-11-5-2-8(13)6-16-11/h2-6H,1H3,(H,16,17). The molecule has 0 spiro atoms. The number of anilines is 1. The summed E-state index contributed by atoms with van der Waals surface area (Å²) >= 11 is 17.6. The second-order valence-electron chi connectivity index (χ2n) is 3.95. The van der Waals surface area contributed by atoms with Gasteiger partial charge in [0.25, 0.3) is 10.0 Å². The van der Waals surface area contributed by atoms with Gasteiger partial charge in [-0.2, -0.15) is 0 Å². The van der Waals surface area contributed by atoms with Crippen LogP contribution in [0.15, 0.2) is 35.4 Å². The molecule has 0 saturated heterocycles. The van der Waals surface area contributed by atoms with Crippen LogP contribution in [0.2, 0.25) is 15.1 Å². The fourth-order valence-corrected chi connectivity index (χ4v) is 3.40. The van der Waals surface area contributed by atoms with Crippen molar-refractivity contribution in [3.63, 3.8) is 0 Å². The summed E-state index contributed by atoms with van der Waals surface area (Å²) in [7, 11) is -3.84. The molecule has 0 aliphatic heterocycles. The molecule has 0 aliphatic rings. The molecule has 1 heterocycles. The van der Waals surface area contributed by atoms with Gasteiger partial charge < -0.3 is 0 Å². The van der Waals surface area contributed by atoms with Crippen LogP contribution in [-0.4, -0.2) is 13.4 Å². The third-order valence-corrected chi connectivity index (χ3v) is 5.17. The van der Waals surface area contributed by atoms with Gasteiger partial charge >= 0.3 is 0 Å². The van der Waals surface area contributed by atoms with Gasteiger partial charge in [0.05, 0.1) is 10.0 Å². The van der Waals surface area contributed by atoms with Gasteiger partial charge in [0.15, 0.2) is 0 Å². The third-order valence-electron chi connectivity index (χ3n) is 2.54. The first-order valence-electron chi connectivity index (χ1n) is 5.40. The van der Waals surface area contributed by atoms with Crippen LogP contribution in [0, 0.1) is 6.92 Å². The van der Waals surface area contributed by atoms with Crippen molar-refractivity contribution >= 4 is 50.6 Å². The number of aromatic nitrogens is 1. The SMILES string of the molecule is Cc1c(Cl)ccc(S(=O)(=O)Nc2ccc(Cl)cn2)c1Cl. The zero-order valence-electron chi connectivity index (χ0n) is 10.2. The van der Waals surface area contributed by atoms with Crippen LogP contribution in [0.4, 0.5) is 5.82 Å². The molecule has 2 rings (SSSR count). The molecule has 0 aliphatic carbocycles. The molecule has 0 radical (unpaired) electrons. The van der Waals surface area contributed by atoms with Gasteiger partial charge in [-0.25, -0.2) is 13.4 Å². The molecule has 8 heteroatoms. The van der Waals surface area contributed by atoms with Crippen LogP contribution >= 0.6 is 34.8 Å². The predicted molar refractivity (Wildman–Crippen MR) is 81.3 cm³/mol. The molecular weight excluding hydrogens is 343 g/mol. The van der Waals surface area contributed by atoms with E-state index in [1.165, 1.54) is 30.5 Å². The fraction of sp³-hybridized carbons (Fsp3) is 0.0833. The van der Waals surface area contributed by atoms with E-state index in [9.17, 15) is 8.42 Å². The molecule has 0 saturated carbocycles. The molecule has 0 amide bonds. The average molecular weight is 352 g/mol. The number of hydrogen-bond acceptors (Lipinski definition) is 3. The second-order valence-corrected chi connectivity index (χ2v) is 6.82. The Bertz CT molecular complexity index is 746. The minimum Gasteiger partial charge on any atom is -0.263 e. The minimum atomic E-state index is -3.84. The topological polar surface area (TPSA) is 59.1 Å². The highest BCUT2D eigenvalue weighted by atomic mass is 35.5. The molecule has 2 aromatic rings. The Morgan fingerprint density at radius 3 is 2.40 bits per heavy atom. The molecule has 4 nitrogen and oxygen atoms in total. The van der Waals surface area contributed by atoms with Gasteiger partial charge in [-0.1, -0.05) is 34.8 Å². The minimum absolute atomic E-state index is 0.0576. The highest BCUT2D eigenvalue weighted by Gasteiger charge is 2.20. The Hall–Kier alpha value is -1.01. The highest BCUT2D eigenvalue weighted by Crippen LogP contribution is 2.31. The number of rotatable bonds is 3. The van der Waals surface area contributed by atoms with E-state index in [1.54, 1.807) is 6.92 Å². The Kier molecular flexibility index (Phi) is 4.44. The van der Waals surface area contributed by atoms with Gasteiger partial charge in [0, 0.05) is 11.2 Å².